The maximum absolute atomic E-state index is 15.4. The number of ether oxygens (including phenoxy) is 1. The summed E-state index contributed by atoms with van der Waals surface area (Å²) in [6.45, 7) is -0.0537. The SMILES string of the molecule is OCC(OCc1ccccc1)c1cc2[nH]cnc2c(F)c1Nc1ccc(Br)cc1Cl. The second-order valence-electron chi connectivity index (χ2n) is 6.67. The molecule has 0 radical (unpaired) electrons. The molecule has 0 aliphatic carbocycles. The van der Waals surface area contributed by atoms with Gasteiger partial charge in [-0.3, -0.25) is 0 Å². The Morgan fingerprint density at radius 3 is 2.73 bits per heavy atom. The van der Waals surface area contributed by atoms with Crippen LogP contribution in [0.4, 0.5) is 15.8 Å². The molecular weight excluding hydrogens is 473 g/mol. The lowest BCUT2D eigenvalue weighted by Crippen LogP contribution is -2.13. The molecule has 154 valence electrons. The van der Waals surface area contributed by atoms with Crippen LogP contribution in [0.15, 0.2) is 65.4 Å². The third kappa shape index (κ3) is 4.34. The van der Waals surface area contributed by atoms with E-state index in [9.17, 15) is 5.11 Å². The Bertz CT molecular complexity index is 1170. The van der Waals surface area contributed by atoms with Gasteiger partial charge in [-0.2, -0.15) is 0 Å². The van der Waals surface area contributed by atoms with Gasteiger partial charge in [0.15, 0.2) is 5.82 Å². The number of nitrogens with one attached hydrogen (secondary N) is 2. The molecule has 0 spiro atoms. The lowest BCUT2D eigenvalue weighted by molar-refractivity contribution is 0.00147. The maximum Gasteiger partial charge on any atom is 0.174 e. The average molecular weight is 491 g/mol. The maximum atomic E-state index is 15.4. The highest BCUT2D eigenvalue weighted by Crippen LogP contribution is 2.37. The van der Waals surface area contributed by atoms with Crippen LogP contribution in [-0.4, -0.2) is 21.7 Å². The van der Waals surface area contributed by atoms with E-state index in [1.807, 2.05) is 30.3 Å². The third-order valence-corrected chi connectivity index (χ3v) is 5.49. The molecule has 0 amide bonds. The topological polar surface area (TPSA) is 70.2 Å². The number of halogens is 3. The van der Waals surface area contributed by atoms with Crippen molar-refractivity contribution < 1.29 is 14.2 Å². The van der Waals surface area contributed by atoms with Gasteiger partial charge >= 0.3 is 0 Å². The van der Waals surface area contributed by atoms with E-state index in [4.69, 9.17) is 16.3 Å². The molecule has 1 atom stereocenters. The van der Waals surface area contributed by atoms with E-state index in [0.29, 0.717) is 21.8 Å². The van der Waals surface area contributed by atoms with Gasteiger partial charge in [0.2, 0.25) is 0 Å². The fourth-order valence-corrected chi connectivity index (χ4v) is 3.90. The molecule has 1 aromatic heterocycles. The van der Waals surface area contributed by atoms with Gasteiger partial charge in [0.1, 0.15) is 11.6 Å². The van der Waals surface area contributed by atoms with Crippen LogP contribution < -0.4 is 5.32 Å². The number of aliphatic hydroxyl groups is 1. The van der Waals surface area contributed by atoms with Crippen molar-refractivity contribution in [3.8, 4) is 0 Å². The second kappa shape index (κ2) is 9.14. The minimum Gasteiger partial charge on any atom is -0.393 e. The van der Waals surface area contributed by atoms with Crippen molar-refractivity contribution >= 4 is 49.9 Å². The number of aromatic nitrogens is 2. The van der Waals surface area contributed by atoms with Gasteiger partial charge in [-0.05, 0) is 29.8 Å². The van der Waals surface area contributed by atoms with Gasteiger partial charge in [0.05, 0.1) is 41.5 Å². The number of anilines is 2. The van der Waals surface area contributed by atoms with E-state index >= 15 is 4.39 Å². The highest BCUT2D eigenvalue weighted by Gasteiger charge is 2.23. The van der Waals surface area contributed by atoms with Crippen molar-refractivity contribution in [3.63, 3.8) is 0 Å². The first-order chi connectivity index (χ1) is 14.6. The van der Waals surface area contributed by atoms with Crippen LogP contribution in [0.3, 0.4) is 0 Å². The van der Waals surface area contributed by atoms with Crippen LogP contribution in [0.2, 0.25) is 5.02 Å². The number of fused-ring (bicyclic) bond motifs is 1. The largest absolute Gasteiger partial charge is 0.393 e. The highest BCUT2D eigenvalue weighted by molar-refractivity contribution is 9.10. The summed E-state index contributed by atoms with van der Waals surface area (Å²) in [6, 6.07) is 16.6. The monoisotopic (exact) mass is 489 g/mol. The number of aliphatic hydroxyl groups excluding tert-OH is 1. The molecule has 3 aromatic carbocycles. The smallest absolute Gasteiger partial charge is 0.174 e. The van der Waals surface area contributed by atoms with E-state index in [1.54, 1.807) is 24.3 Å². The van der Waals surface area contributed by atoms with E-state index in [2.05, 4.69) is 31.2 Å². The number of H-pyrrole nitrogens is 1. The summed E-state index contributed by atoms with van der Waals surface area (Å²) in [4.78, 5) is 6.98. The minimum atomic E-state index is -0.760. The zero-order valence-electron chi connectivity index (χ0n) is 15.7. The first kappa shape index (κ1) is 20.8. The van der Waals surface area contributed by atoms with E-state index in [1.165, 1.54) is 6.33 Å². The molecule has 3 N–H and O–H groups in total. The summed E-state index contributed by atoms with van der Waals surface area (Å²) in [6.07, 6.45) is 0.663. The number of benzene rings is 3. The van der Waals surface area contributed by atoms with Crippen molar-refractivity contribution in [1.29, 1.82) is 0 Å². The van der Waals surface area contributed by atoms with Gasteiger partial charge in [0, 0.05) is 10.0 Å². The Labute approximate surface area is 186 Å². The first-order valence-corrected chi connectivity index (χ1v) is 10.4. The number of nitrogens with zero attached hydrogens (tertiary/aromatic N) is 1. The third-order valence-electron chi connectivity index (χ3n) is 4.68. The van der Waals surface area contributed by atoms with Crippen molar-refractivity contribution in [2.24, 2.45) is 0 Å². The summed E-state index contributed by atoms with van der Waals surface area (Å²) in [5, 5.41) is 13.5. The van der Waals surface area contributed by atoms with Gasteiger partial charge in [-0.1, -0.05) is 57.9 Å². The summed E-state index contributed by atoms with van der Waals surface area (Å²) in [5.41, 5.74) is 2.79. The molecule has 0 saturated carbocycles. The lowest BCUT2D eigenvalue weighted by Gasteiger charge is -2.21. The van der Waals surface area contributed by atoms with Crippen molar-refractivity contribution in [1.82, 2.24) is 9.97 Å². The van der Waals surface area contributed by atoms with E-state index in [-0.39, 0.29) is 24.4 Å². The predicted octanol–water partition coefficient (Wildman–Crippen LogP) is 6.11. The molecule has 1 heterocycles. The molecule has 0 aliphatic heterocycles. The summed E-state index contributed by atoms with van der Waals surface area (Å²) >= 11 is 9.68. The van der Waals surface area contributed by atoms with Crippen molar-refractivity contribution in [3.05, 3.63) is 87.4 Å². The standard InChI is InChI=1S/C22H18BrClFN3O2/c23-14-6-7-17(16(24)8-14)28-21-15(9-18-22(20(21)25)27-12-26-18)19(10-29)30-11-13-4-2-1-3-5-13/h1-9,12,19,28-29H,10-11H2,(H,26,27). The molecule has 0 saturated heterocycles. The second-order valence-corrected chi connectivity index (χ2v) is 7.99. The van der Waals surface area contributed by atoms with Crippen molar-refractivity contribution in [2.45, 2.75) is 12.7 Å². The Hall–Kier alpha value is -2.45. The normalized spacial score (nSPS) is 12.3. The number of hydrogen-bond donors (Lipinski definition) is 3. The van der Waals surface area contributed by atoms with Gasteiger partial charge in [-0.25, -0.2) is 9.37 Å². The Balaban J connectivity index is 1.73. The van der Waals surface area contributed by atoms with Crippen LogP contribution in [0.5, 0.6) is 0 Å². The molecule has 8 heteroatoms. The van der Waals surface area contributed by atoms with Crippen LogP contribution in [-0.2, 0) is 11.3 Å². The fraction of sp³-hybridized carbons (Fsp3) is 0.136. The number of hydrogen-bond acceptors (Lipinski definition) is 4. The van der Waals surface area contributed by atoms with Gasteiger partial charge < -0.3 is 20.1 Å². The molecule has 0 fully saturated rings. The zero-order chi connectivity index (χ0) is 21.1. The number of aromatic amines is 1. The lowest BCUT2D eigenvalue weighted by atomic mass is 10.0. The summed E-state index contributed by atoms with van der Waals surface area (Å²) in [7, 11) is 0. The number of rotatable bonds is 7. The van der Waals surface area contributed by atoms with Crippen LogP contribution >= 0.6 is 27.5 Å². The van der Waals surface area contributed by atoms with Crippen LogP contribution in [0.1, 0.15) is 17.2 Å². The summed E-state index contributed by atoms with van der Waals surface area (Å²) < 4.78 is 22.1. The summed E-state index contributed by atoms with van der Waals surface area (Å²) in [5.74, 6) is -0.551. The molecule has 4 aromatic rings. The van der Waals surface area contributed by atoms with E-state index < -0.39 is 11.9 Å². The Morgan fingerprint density at radius 2 is 2.00 bits per heavy atom. The van der Waals surface area contributed by atoms with Gasteiger partial charge in [0.25, 0.3) is 0 Å². The van der Waals surface area contributed by atoms with Crippen LogP contribution in [0.25, 0.3) is 11.0 Å². The Morgan fingerprint density at radius 1 is 1.20 bits per heavy atom. The molecule has 5 nitrogen and oxygen atoms in total. The van der Waals surface area contributed by atoms with Crippen molar-refractivity contribution in [2.75, 3.05) is 11.9 Å². The number of imidazole rings is 1. The molecular formula is C22H18BrClFN3O2. The first-order valence-electron chi connectivity index (χ1n) is 9.20. The highest BCUT2D eigenvalue weighted by atomic mass is 79.9. The molecule has 30 heavy (non-hydrogen) atoms. The molecule has 4 rings (SSSR count). The van der Waals surface area contributed by atoms with Gasteiger partial charge in [-0.15, -0.1) is 0 Å². The minimum absolute atomic E-state index is 0.158. The average Bonchev–Trinajstić information content (AvgIpc) is 3.22. The molecule has 1 unspecified atom stereocenters. The fourth-order valence-electron chi connectivity index (χ4n) is 3.18. The Kier molecular flexibility index (Phi) is 6.34. The quantitative estimate of drug-likeness (QED) is 0.292. The predicted molar refractivity (Wildman–Crippen MR) is 120 cm³/mol. The van der Waals surface area contributed by atoms with E-state index in [0.717, 1.165) is 10.0 Å². The zero-order valence-corrected chi connectivity index (χ0v) is 18.0. The molecule has 0 aliphatic rings. The molecule has 0 bridgehead atoms. The van der Waals surface area contributed by atoms with Crippen LogP contribution in [0, 0.1) is 5.82 Å².